The van der Waals surface area contributed by atoms with Crippen molar-refractivity contribution in [3.63, 3.8) is 0 Å². The van der Waals surface area contributed by atoms with E-state index in [1.165, 1.54) is 16.7 Å². The predicted molar refractivity (Wildman–Crippen MR) is 86.8 cm³/mol. The van der Waals surface area contributed by atoms with Crippen molar-refractivity contribution >= 4 is 0 Å². The summed E-state index contributed by atoms with van der Waals surface area (Å²) in [6, 6.07) is 17.3. The molecule has 0 fully saturated rings. The Balaban J connectivity index is 1.85. The number of fused-ring (bicyclic) bond motifs is 1. The third kappa shape index (κ3) is 3.11. The average Bonchev–Trinajstić information content (AvgIpc) is 2.50. The number of benzene rings is 2. The van der Waals surface area contributed by atoms with E-state index in [1.807, 2.05) is 0 Å². The Morgan fingerprint density at radius 1 is 1.14 bits per heavy atom. The van der Waals surface area contributed by atoms with Crippen molar-refractivity contribution in [3.8, 4) is 5.75 Å². The maximum absolute atomic E-state index is 6.30. The van der Waals surface area contributed by atoms with Crippen LogP contribution in [0.2, 0.25) is 0 Å². The number of nitrogens with one attached hydrogen (secondary N) is 1. The molecular formula is C19H23NO. The lowest BCUT2D eigenvalue weighted by molar-refractivity contribution is 0.136. The smallest absolute Gasteiger partial charge is 0.120 e. The van der Waals surface area contributed by atoms with E-state index in [0.717, 1.165) is 25.1 Å². The Morgan fingerprint density at radius 2 is 2.00 bits per heavy atom. The van der Waals surface area contributed by atoms with Gasteiger partial charge in [-0.15, -0.1) is 0 Å². The Bertz CT molecular complexity index is 608. The van der Waals surface area contributed by atoms with E-state index in [4.69, 9.17) is 4.74 Å². The summed E-state index contributed by atoms with van der Waals surface area (Å²) in [6.45, 7) is 5.21. The normalized spacial score (nSPS) is 20.9. The molecule has 0 saturated heterocycles. The van der Waals surface area contributed by atoms with Crippen molar-refractivity contribution in [1.82, 2.24) is 5.32 Å². The molecule has 0 amide bonds. The Kier molecular flexibility index (Phi) is 4.26. The number of hydrogen-bond donors (Lipinski definition) is 1. The van der Waals surface area contributed by atoms with Crippen LogP contribution in [-0.2, 0) is 6.42 Å². The summed E-state index contributed by atoms with van der Waals surface area (Å²) in [5.74, 6) is 0.974. The molecule has 0 bridgehead atoms. The van der Waals surface area contributed by atoms with Crippen molar-refractivity contribution in [2.24, 2.45) is 0 Å². The van der Waals surface area contributed by atoms with Crippen LogP contribution in [0.25, 0.3) is 0 Å². The van der Waals surface area contributed by atoms with Crippen LogP contribution < -0.4 is 10.1 Å². The summed E-state index contributed by atoms with van der Waals surface area (Å²) in [6.07, 6.45) is 2.35. The maximum Gasteiger partial charge on any atom is 0.120 e. The van der Waals surface area contributed by atoms with Crippen LogP contribution in [0.3, 0.4) is 0 Å². The molecule has 0 heterocycles. The highest BCUT2D eigenvalue weighted by molar-refractivity contribution is 5.34. The molecule has 2 aromatic carbocycles. The number of likely N-dealkylation sites (N-methyl/N-ethyl adjacent to an activating group) is 1. The first-order valence-electron chi connectivity index (χ1n) is 7.82. The van der Waals surface area contributed by atoms with Crippen molar-refractivity contribution in [2.45, 2.75) is 38.8 Å². The molecule has 2 nitrogen and oxygen atoms in total. The van der Waals surface area contributed by atoms with Gasteiger partial charge in [0.25, 0.3) is 0 Å². The largest absolute Gasteiger partial charge is 0.488 e. The molecule has 0 saturated carbocycles. The first-order valence-corrected chi connectivity index (χ1v) is 7.82. The van der Waals surface area contributed by atoms with Gasteiger partial charge in [0, 0.05) is 0 Å². The van der Waals surface area contributed by atoms with Crippen molar-refractivity contribution in [2.75, 3.05) is 6.54 Å². The van der Waals surface area contributed by atoms with Crippen molar-refractivity contribution < 1.29 is 4.74 Å². The second-order valence-corrected chi connectivity index (χ2v) is 5.75. The molecule has 0 aromatic heterocycles. The molecule has 0 aliphatic heterocycles. The zero-order valence-electron chi connectivity index (χ0n) is 12.8. The molecule has 2 atom stereocenters. The van der Waals surface area contributed by atoms with E-state index >= 15 is 0 Å². The molecule has 110 valence electrons. The lowest BCUT2D eigenvalue weighted by Crippen LogP contribution is -2.39. The van der Waals surface area contributed by atoms with Gasteiger partial charge in [0.1, 0.15) is 11.9 Å². The third-order valence-corrected chi connectivity index (χ3v) is 4.16. The maximum atomic E-state index is 6.30. The molecule has 21 heavy (non-hydrogen) atoms. The van der Waals surface area contributed by atoms with Gasteiger partial charge in [-0.1, -0.05) is 43.3 Å². The van der Waals surface area contributed by atoms with Gasteiger partial charge in [0.05, 0.1) is 6.04 Å². The molecule has 0 spiro atoms. The van der Waals surface area contributed by atoms with Crippen LogP contribution in [0.15, 0.2) is 48.5 Å². The SMILES string of the molecule is CCNC1c2ccccc2CCC1Oc1cccc(C)c1. The van der Waals surface area contributed by atoms with Crippen molar-refractivity contribution in [1.29, 1.82) is 0 Å². The minimum Gasteiger partial charge on any atom is -0.488 e. The van der Waals surface area contributed by atoms with E-state index in [2.05, 4.69) is 67.7 Å². The van der Waals surface area contributed by atoms with Gasteiger partial charge in [-0.3, -0.25) is 0 Å². The molecular weight excluding hydrogens is 258 g/mol. The van der Waals surface area contributed by atoms with Crippen LogP contribution in [0.4, 0.5) is 0 Å². The summed E-state index contributed by atoms with van der Waals surface area (Å²) >= 11 is 0. The Morgan fingerprint density at radius 3 is 2.81 bits per heavy atom. The van der Waals surface area contributed by atoms with E-state index in [9.17, 15) is 0 Å². The average molecular weight is 281 g/mol. The van der Waals surface area contributed by atoms with Gasteiger partial charge in [0.15, 0.2) is 0 Å². The monoisotopic (exact) mass is 281 g/mol. The molecule has 2 heteroatoms. The molecule has 1 aliphatic carbocycles. The fourth-order valence-electron chi connectivity index (χ4n) is 3.18. The quantitative estimate of drug-likeness (QED) is 0.913. The first-order chi connectivity index (χ1) is 10.3. The summed E-state index contributed by atoms with van der Waals surface area (Å²) in [5, 5.41) is 3.60. The van der Waals surface area contributed by atoms with Gasteiger partial charge in [-0.25, -0.2) is 0 Å². The highest BCUT2D eigenvalue weighted by Gasteiger charge is 2.30. The molecule has 2 unspecified atom stereocenters. The minimum absolute atomic E-state index is 0.196. The molecule has 2 aromatic rings. The van der Waals surface area contributed by atoms with Gasteiger partial charge in [-0.05, 0) is 55.1 Å². The topological polar surface area (TPSA) is 21.3 Å². The summed E-state index contributed by atoms with van der Waals surface area (Å²) in [5.41, 5.74) is 4.08. The second kappa shape index (κ2) is 6.31. The van der Waals surface area contributed by atoms with Crippen LogP contribution in [0.1, 0.15) is 36.1 Å². The van der Waals surface area contributed by atoms with E-state index in [1.54, 1.807) is 0 Å². The fourth-order valence-corrected chi connectivity index (χ4v) is 3.18. The molecule has 1 N–H and O–H groups in total. The van der Waals surface area contributed by atoms with Crippen LogP contribution in [0.5, 0.6) is 5.75 Å². The van der Waals surface area contributed by atoms with E-state index in [-0.39, 0.29) is 12.1 Å². The minimum atomic E-state index is 0.196. The lowest BCUT2D eigenvalue weighted by Gasteiger charge is -2.34. The lowest BCUT2D eigenvalue weighted by atomic mass is 9.85. The van der Waals surface area contributed by atoms with E-state index in [0.29, 0.717) is 0 Å². The van der Waals surface area contributed by atoms with Gasteiger partial charge < -0.3 is 10.1 Å². The third-order valence-electron chi connectivity index (χ3n) is 4.16. The summed E-state index contributed by atoms with van der Waals surface area (Å²) in [7, 11) is 0. The summed E-state index contributed by atoms with van der Waals surface area (Å²) in [4.78, 5) is 0. The number of hydrogen-bond acceptors (Lipinski definition) is 2. The molecule has 0 radical (unpaired) electrons. The highest BCUT2D eigenvalue weighted by atomic mass is 16.5. The van der Waals surface area contributed by atoms with Gasteiger partial charge >= 0.3 is 0 Å². The summed E-state index contributed by atoms with van der Waals surface area (Å²) < 4.78 is 6.30. The fraction of sp³-hybridized carbons (Fsp3) is 0.368. The van der Waals surface area contributed by atoms with Crippen LogP contribution in [-0.4, -0.2) is 12.6 Å². The van der Waals surface area contributed by atoms with E-state index < -0.39 is 0 Å². The second-order valence-electron chi connectivity index (χ2n) is 5.75. The van der Waals surface area contributed by atoms with Gasteiger partial charge in [-0.2, -0.15) is 0 Å². The number of aryl methyl sites for hydroxylation is 2. The van der Waals surface area contributed by atoms with Crippen molar-refractivity contribution in [3.05, 3.63) is 65.2 Å². The predicted octanol–water partition coefficient (Wildman–Crippen LogP) is 4.04. The Hall–Kier alpha value is -1.80. The van der Waals surface area contributed by atoms with Gasteiger partial charge in [0.2, 0.25) is 0 Å². The molecule has 3 rings (SSSR count). The zero-order chi connectivity index (χ0) is 14.7. The number of ether oxygens (including phenoxy) is 1. The standard InChI is InChI=1S/C19H23NO/c1-3-20-19-17-10-5-4-8-15(17)11-12-18(19)21-16-9-6-7-14(2)13-16/h4-10,13,18-20H,3,11-12H2,1-2H3. The molecule has 1 aliphatic rings. The number of rotatable bonds is 4. The zero-order valence-corrected chi connectivity index (χ0v) is 12.8. The Labute approximate surface area is 127 Å². The first kappa shape index (κ1) is 14.2. The van der Waals surface area contributed by atoms with Crippen LogP contribution in [0, 0.1) is 6.92 Å². The highest BCUT2D eigenvalue weighted by Crippen LogP contribution is 2.32. The van der Waals surface area contributed by atoms with Crippen LogP contribution >= 0.6 is 0 Å².